The van der Waals surface area contributed by atoms with Crippen LogP contribution >= 0.6 is 15.9 Å². The Bertz CT molecular complexity index is 693. The second-order valence-electron chi connectivity index (χ2n) is 6.40. The largest absolute Gasteiger partial charge is 0.451 e. The lowest BCUT2D eigenvalue weighted by Gasteiger charge is -2.42. The van der Waals surface area contributed by atoms with Gasteiger partial charge in [0.1, 0.15) is 5.58 Å². The number of furan rings is 1. The molecule has 1 aromatic heterocycles. The van der Waals surface area contributed by atoms with E-state index >= 15 is 0 Å². The first-order valence-corrected chi connectivity index (χ1v) is 7.90. The van der Waals surface area contributed by atoms with Gasteiger partial charge >= 0.3 is 0 Å². The Labute approximate surface area is 132 Å². The Hall–Kier alpha value is -1.33. The Kier molecular flexibility index (Phi) is 3.58. The Morgan fingerprint density at radius 3 is 2.90 bits per heavy atom. The number of amides is 1. The molecule has 0 saturated carbocycles. The topological polar surface area (TPSA) is 59.5 Å². The highest BCUT2D eigenvalue weighted by molar-refractivity contribution is 9.10. The van der Waals surface area contributed by atoms with Crippen LogP contribution in [0.4, 0.5) is 0 Å². The first kappa shape index (κ1) is 14.6. The molecule has 2 heterocycles. The molecule has 5 heteroatoms. The van der Waals surface area contributed by atoms with Crippen LogP contribution in [0.1, 0.15) is 30.8 Å². The Balaban J connectivity index is 1.87. The summed E-state index contributed by atoms with van der Waals surface area (Å²) in [6, 6.07) is 7.67. The van der Waals surface area contributed by atoms with Crippen molar-refractivity contribution in [3.63, 3.8) is 0 Å². The van der Waals surface area contributed by atoms with Crippen molar-refractivity contribution in [2.24, 2.45) is 11.1 Å². The lowest BCUT2D eigenvalue weighted by molar-refractivity contribution is 0.0505. The summed E-state index contributed by atoms with van der Waals surface area (Å²) in [4.78, 5) is 14.5. The highest BCUT2D eigenvalue weighted by Crippen LogP contribution is 2.30. The van der Waals surface area contributed by atoms with Crippen LogP contribution in [0.3, 0.4) is 0 Å². The number of nitrogens with two attached hydrogens (primary N) is 1. The van der Waals surface area contributed by atoms with E-state index in [0.29, 0.717) is 18.8 Å². The zero-order valence-corrected chi connectivity index (χ0v) is 13.8. The van der Waals surface area contributed by atoms with E-state index in [0.717, 1.165) is 21.9 Å². The predicted octanol–water partition coefficient (Wildman–Crippen LogP) is 3.39. The Morgan fingerprint density at radius 1 is 1.43 bits per heavy atom. The van der Waals surface area contributed by atoms with E-state index in [-0.39, 0.29) is 17.4 Å². The smallest absolute Gasteiger partial charge is 0.289 e. The molecule has 1 amide bonds. The number of benzene rings is 1. The van der Waals surface area contributed by atoms with Gasteiger partial charge in [-0.1, -0.05) is 29.8 Å². The normalized spacial score (nSPS) is 21.7. The van der Waals surface area contributed by atoms with Crippen molar-refractivity contribution in [3.05, 3.63) is 34.5 Å². The van der Waals surface area contributed by atoms with Gasteiger partial charge in [0.2, 0.25) is 0 Å². The molecule has 1 unspecified atom stereocenters. The van der Waals surface area contributed by atoms with E-state index in [4.69, 9.17) is 10.2 Å². The minimum absolute atomic E-state index is 0.0534. The number of hydrogen-bond acceptors (Lipinski definition) is 3. The molecule has 2 N–H and O–H groups in total. The van der Waals surface area contributed by atoms with E-state index in [1.54, 1.807) is 0 Å². The number of likely N-dealkylation sites (tertiary alicyclic amines) is 1. The number of carbonyl (C=O) groups is 1. The summed E-state index contributed by atoms with van der Waals surface area (Å²) in [7, 11) is 0. The van der Waals surface area contributed by atoms with Crippen molar-refractivity contribution < 1.29 is 9.21 Å². The molecule has 0 radical (unpaired) electrons. The minimum atomic E-state index is -0.0665. The number of nitrogens with zero attached hydrogens (tertiary/aromatic N) is 1. The van der Waals surface area contributed by atoms with Gasteiger partial charge in [0.25, 0.3) is 5.91 Å². The minimum Gasteiger partial charge on any atom is -0.451 e. The molecule has 21 heavy (non-hydrogen) atoms. The summed E-state index contributed by atoms with van der Waals surface area (Å²) in [5.41, 5.74) is 6.79. The molecule has 0 aliphatic carbocycles. The van der Waals surface area contributed by atoms with Crippen LogP contribution in [0.2, 0.25) is 0 Å². The monoisotopic (exact) mass is 350 g/mol. The maximum atomic E-state index is 12.6. The number of hydrogen-bond donors (Lipinski definition) is 1. The van der Waals surface area contributed by atoms with Crippen molar-refractivity contribution in [1.29, 1.82) is 0 Å². The quantitative estimate of drug-likeness (QED) is 0.857. The van der Waals surface area contributed by atoms with E-state index < -0.39 is 0 Å². The van der Waals surface area contributed by atoms with Crippen molar-refractivity contribution >= 4 is 32.8 Å². The third-order valence-electron chi connectivity index (χ3n) is 4.29. The fourth-order valence-electron chi connectivity index (χ4n) is 2.82. The molecule has 1 aromatic carbocycles. The summed E-state index contributed by atoms with van der Waals surface area (Å²) in [5.74, 6) is 0.344. The van der Waals surface area contributed by atoms with Gasteiger partial charge in [0, 0.05) is 29.0 Å². The van der Waals surface area contributed by atoms with E-state index in [1.165, 1.54) is 0 Å². The molecule has 112 valence electrons. The molecule has 1 saturated heterocycles. The SMILES string of the molecule is CC1(C)CN(C(=O)c2cc3cc(Br)ccc3o2)CCC1N. The van der Waals surface area contributed by atoms with Crippen molar-refractivity contribution in [1.82, 2.24) is 4.90 Å². The van der Waals surface area contributed by atoms with E-state index in [2.05, 4.69) is 29.8 Å². The lowest BCUT2D eigenvalue weighted by Crippen LogP contribution is -2.53. The highest BCUT2D eigenvalue weighted by atomic mass is 79.9. The number of halogens is 1. The predicted molar refractivity (Wildman–Crippen MR) is 86.2 cm³/mol. The standard InChI is InChI=1S/C16H19BrN2O2/c1-16(2)9-19(6-5-14(16)18)15(20)13-8-10-7-11(17)3-4-12(10)21-13/h3-4,7-8,14H,5-6,9,18H2,1-2H3. The summed E-state index contributed by atoms with van der Waals surface area (Å²) in [6.07, 6.45) is 0.824. The second kappa shape index (κ2) is 5.14. The maximum Gasteiger partial charge on any atom is 0.289 e. The van der Waals surface area contributed by atoms with Gasteiger partial charge in [-0.25, -0.2) is 0 Å². The summed E-state index contributed by atoms with van der Waals surface area (Å²) < 4.78 is 6.66. The average Bonchev–Trinajstić information content (AvgIpc) is 2.83. The molecular weight excluding hydrogens is 332 g/mol. The molecule has 0 bridgehead atoms. The number of rotatable bonds is 1. The van der Waals surface area contributed by atoms with Crippen molar-refractivity contribution in [3.8, 4) is 0 Å². The number of carbonyl (C=O) groups excluding carboxylic acids is 1. The van der Waals surface area contributed by atoms with Crippen LogP contribution in [0.15, 0.2) is 33.2 Å². The fraction of sp³-hybridized carbons (Fsp3) is 0.438. The molecular formula is C16H19BrN2O2. The zero-order valence-electron chi connectivity index (χ0n) is 12.2. The Morgan fingerprint density at radius 2 is 2.19 bits per heavy atom. The van der Waals surface area contributed by atoms with Crippen LogP contribution in [-0.2, 0) is 0 Å². The zero-order chi connectivity index (χ0) is 15.2. The molecule has 1 aliphatic heterocycles. The van der Waals surface area contributed by atoms with E-state index in [9.17, 15) is 4.79 Å². The third kappa shape index (κ3) is 2.72. The van der Waals surface area contributed by atoms with Gasteiger partial charge in [-0.3, -0.25) is 4.79 Å². The molecule has 4 nitrogen and oxygen atoms in total. The molecule has 1 atom stereocenters. The fourth-order valence-corrected chi connectivity index (χ4v) is 3.20. The van der Waals surface area contributed by atoms with Crippen LogP contribution < -0.4 is 5.73 Å². The van der Waals surface area contributed by atoms with Crippen LogP contribution in [-0.4, -0.2) is 29.9 Å². The molecule has 2 aromatic rings. The second-order valence-corrected chi connectivity index (χ2v) is 7.32. The van der Waals surface area contributed by atoms with Gasteiger partial charge in [-0.2, -0.15) is 0 Å². The van der Waals surface area contributed by atoms with Crippen molar-refractivity contribution in [2.75, 3.05) is 13.1 Å². The van der Waals surface area contributed by atoms with Gasteiger partial charge in [-0.05, 0) is 36.1 Å². The summed E-state index contributed by atoms with van der Waals surface area (Å²) in [5, 5.41) is 0.931. The molecule has 0 spiro atoms. The van der Waals surface area contributed by atoms with Crippen LogP contribution in [0.5, 0.6) is 0 Å². The first-order chi connectivity index (χ1) is 9.87. The van der Waals surface area contributed by atoms with Crippen LogP contribution in [0.25, 0.3) is 11.0 Å². The summed E-state index contributed by atoms with van der Waals surface area (Å²) >= 11 is 3.43. The lowest BCUT2D eigenvalue weighted by atomic mass is 9.79. The number of fused-ring (bicyclic) bond motifs is 1. The maximum absolute atomic E-state index is 12.6. The third-order valence-corrected chi connectivity index (χ3v) is 4.78. The molecule has 1 fully saturated rings. The van der Waals surface area contributed by atoms with E-state index in [1.807, 2.05) is 29.2 Å². The van der Waals surface area contributed by atoms with Crippen molar-refractivity contribution in [2.45, 2.75) is 26.3 Å². The highest BCUT2D eigenvalue weighted by Gasteiger charge is 2.36. The first-order valence-electron chi connectivity index (χ1n) is 7.11. The average molecular weight is 351 g/mol. The van der Waals surface area contributed by atoms with Gasteiger partial charge in [0.05, 0.1) is 0 Å². The summed E-state index contributed by atoms with van der Waals surface area (Å²) in [6.45, 7) is 5.55. The molecule has 3 rings (SSSR count). The van der Waals surface area contributed by atoms with Gasteiger partial charge < -0.3 is 15.1 Å². The van der Waals surface area contributed by atoms with Gasteiger partial charge in [0.15, 0.2) is 5.76 Å². The number of piperidine rings is 1. The van der Waals surface area contributed by atoms with Crippen LogP contribution in [0, 0.1) is 5.41 Å². The molecule has 1 aliphatic rings. The van der Waals surface area contributed by atoms with Gasteiger partial charge in [-0.15, -0.1) is 0 Å².